The lowest BCUT2D eigenvalue weighted by molar-refractivity contribution is 0.159. The maximum absolute atomic E-state index is 10.5. The van der Waals surface area contributed by atoms with E-state index in [0.717, 1.165) is 61.9 Å². The minimum Gasteiger partial charge on any atom is -0.390 e. The number of pyridine rings is 2. The molecule has 7 heteroatoms. The molecule has 0 bridgehead atoms. The number of hydrogen-bond acceptors (Lipinski definition) is 6. The molecule has 1 aliphatic heterocycles. The Kier molecular flexibility index (Phi) is 5.88. The Labute approximate surface area is 190 Å². The first-order valence-corrected chi connectivity index (χ1v) is 11.8. The van der Waals surface area contributed by atoms with Crippen LogP contribution in [0.5, 0.6) is 0 Å². The average Bonchev–Trinajstić information content (AvgIpc) is 3.22. The quantitative estimate of drug-likeness (QED) is 0.666. The van der Waals surface area contributed by atoms with Crippen LogP contribution in [0.2, 0.25) is 0 Å². The molecule has 0 saturated carbocycles. The molecule has 1 saturated heterocycles. The van der Waals surface area contributed by atoms with Gasteiger partial charge in [0.2, 0.25) is 0 Å². The van der Waals surface area contributed by atoms with Crippen LogP contribution in [0.1, 0.15) is 54.5 Å². The van der Waals surface area contributed by atoms with Gasteiger partial charge in [0.25, 0.3) is 0 Å². The predicted molar refractivity (Wildman–Crippen MR) is 127 cm³/mol. The Hall–Kier alpha value is -2.48. The first-order valence-electron chi connectivity index (χ1n) is 11.8. The van der Waals surface area contributed by atoms with E-state index >= 15 is 0 Å². The second-order valence-electron chi connectivity index (χ2n) is 9.27. The van der Waals surface area contributed by atoms with Crippen molar-refractivity contribution in [3.63, 3.8) is 0 Å². The molecule has 0 radical (unpaired) electrons. The van der Waals surface area contributed by atoms with Crippen LogP contribution in [0.4, 0.5) is 5.82 Å². The molecule has 0 spiro atoms. The SMILES string of the molecule is CC(c1nc2cccc(N3CCN(C)CC3)n2c1CO)N(C)[C@H]1CCCc2cccnc21. The van der Waals surface area contributed by atoms with Crippen LogP contribution in [0.25, 0.3) is 5.65 Å². The maximum Gasteiger partial charge on any atom is 0.138 e. The molecule has 5 rings (SSSR count). The largest absolute Gasteiger partial charge is 0.390 e. The van der Waals surface area contributed by atoms with Crippen LogP contribution in [-0.2, 0) is 13.0 Å². The van der Waals surface area contributed by atoms with Crippen molar-refractivity contribution in [2.24, 2.45) is 0 Å². The van der Waals surface area contributed by atoms with E-state index in [4.69, 9.17) is 9.97 Å². The Morgan fingerprint density at radius 3 is 2.75 bits per heavy atom. The fourth-order valence-electron chi connectivity index (χ4n) is 5.37. The molecule has 1 aliphatic carbocycles. The number of nitrogens with zero attached hydrogens (tertiary/aromatic N) is 6. The molecule has 32 heavy (non-hydrogen) atoms. The summed E-state index contributed by atoms with van der Waals surface area (Å²) in [6.45, 7) is 6.22. The van der Waals surface area contributed by atoms with E-state index in [9.17, 15) is 5.11 Å². The maximum atomic E-state index is 10.5. The van der Waals surface area contributed by atoms with Gasteiger partial charge in [0.05, 0.1) is 35.8 Å². The highest BCUT2D eigenvalue weighted by molar-refractivity contribution is 5.55. The summed E-state index contributed by atoms with van der Waals surface area (Å²) in [5.41, 5.74) is 5.31. The van der Waals surface area contributed by atoms with Crippen molar-refractivity contribution in [3.8, 4) is 0 Å². The van der Waals surface area contributed by atoms with Crippen molar-refractivity contribution in [3.05, 3.63) is 59.2 Å². The fourth-order valence-corrected chi connectivity index (χ4v) is 5.37. The predicted octanol–water partition coefficient (Wildman–Crippen LogP) is 3.04. The zero-order valence-electron chi connectivity index (χ0n) is 19.4. The number of rotatable bonds is 5. The van der Waals surface area contributed by atoms with E-state index in [0.29, 0.717) is 0 Å². The van der Waals surface area contributed by atoms with Crippen LogP contribution in [-0.4, -0.2) is 69.5 Å². The molecule has 2 atom stereocenters. The standard InChI is InChI=1S/C25H34N6O/c1-18(29(3)20-9-4-7-19-8-6-12-26-25(19)20)24-21(17-32)31-22(27-24)10-5-11-23(31)30-15-13-28(2)14-16-30/h5-6,8,10-12,18,20,32H,4,7,9,13-17H2,1-3H3/t18?,20-/m0/s1. The van der Waals surface area contributed by atoms with Crippen LogP contribution in [0, 0.1) is 0 Å². The summed E-state index contributed by atoms with van der Waals surface area (Å²) in [6, 6.07) is 10.9. The number of aromatic nitrogens is 3. The first-order chi connectivity index (χ1) is 15.6. The van der Waals surface area contributed by atoms with Gasteiger partial charge in [-0.3, -0.25) is 14.3 Å². The highest BCUT2D eigenvalue weighted by Crippen LogP contribution is 2.37. The first kappa shape index (κ1) is 21.4. The van der Waals surface area contributed by atoms with Crippen molar-refractivity contribution in [1.82, 2.24) is 24.2 Å². The van der Waals surface area contributed by atoms with Crippen molar-refractivity contribution >= 4 is 11.5 Å². The van der Waals surface area contributed by atoms with E-state index in [-0.39, 0.29) is 18.7 Å². The summed E-state index contributed by atoms with van der Waals surface area (Å²) in [6.07, 6.45) is 5.28. The van der Waals surface area contributed by atoms with E-state index in [1.807, 2.05) is 18.3 Å². The molecule has 0 aromatic carbocycles. The van der Waals surface area contributed by atoms with Gasteiger partial charge in [-0.05, 0) is 64.0 Å². The van der Waals surface area contributed by atoms with Crippen molar-refractivity contribution in [2.45, 2.75) is 44.9 Å². The summed E-state index contributed by atoms with van der Waals surface area (Å²) < 4.78 is 2.16. The third-order valence-electron chi connectivity index (χ3n) is 7.39. The van der Waals surface area contributed by atoms with E-state index in [2.05, 4.69) is 58.3 Å². The Morgan fingerprint density at radius 2 is 1.97 bits per heavy atom. The second kappa shape index (κ2) is 8.81. The molecule has 3 aromatic rings. The molecule has 2 aliphatic rings. The Bertz CT molecular complexity index is 1090. The van der Waals surface area contributed by atoms with Gasteiger partial charge in [0.15, 0.2) is 0 Å². The number of aliphatic hydroxyl groups is 1. The minimum atomic E-state index is -0.0288. The zero-order chi connectivity index (χ0) is 22.2. The number of piperazine rings is 1. The van der Waals surface area contributed by atoms with Crippen molar-refractivity contribution in [1.29, 1.82) is 0 Å². The number of aliphatic hydroxyl groups excluding tert-OH is 1. The average molecular weight is 435 g/mol. The van der Waals surface area contributed by atoms with Crippen molar-refractivity contribution < 1.29 is 5.11 Å². The minimum absolute atomic E-state index is 0.0288. The molecule has 4 heterocycles. The summed E-state index contributed by atoms with van der Waals surface area (Å²) in [4.78, 5) is 16.9. The molecule has 7 nitrogen and oxygen atoms in total. The Morgan fingerprint density at radius 1 is 1.16 bits per heavy atom. The number of imidazole rings is 1. The normalized spacial score (nSPS) is 20.7. The lowest BCUT2D eigenvalue weighted by Gasteiger charge is -2.36. The van der Waals surface area contributed by atoms with Crippen LogP contribution >= 0.6 is 0 Å². The molecule has 0 amide bonds. The van der Waals surface area contributed by atoms with Gasteiger partial charge >= 0.3 is 0 Å². The summed E-state index contributed by atoms with van der Waals surface area (Å²) in [7, 11) is 4.34. The molecular formula is C25H34N6O. The lowest BCUT2D eigenvalue weighted by Crippen LogP contribution is -2.45. The van der Waals surface area contributed by atoms with E-state index in [1.165, 1.54) is 17.7 Å². The number of fused-ring (bicyclic) bond motifs is 2. The van der Waals surface area contributed by atoms with Gasteiger partial charge in [-0.15, -0.1) is 0 Å². The Balaban J connectivity index is 1.51. The van der Waals surface area contributed by atoms with Gasteiger partial charge in [-0.1, -0.05) is 12.1 Å². The molecule has 3 aromatic heterocycles. The monoisotopic (exact) mass is 434 g/mol. The summed E-state index contributed by atoms with van der Waals surface area (Å²) >= 11 is 0. The van der Waals surface area contributed by atoms with Crippen molar-refractivity contribution in [2.75, 3.05) is 45.2 Å². The lowest BCUT2D eigenvalue weighted by atomic mass is 9.90. The van der Waals surface area contributed by atoms with Gasteiger partial charge in [0, 0.05) is 32.4 Å². The smallest absolute Gasteiger partial charge is 0.138 e. The zero-order valence-corrected chi connectivity index (χ0v) is 19.4. The number of hydrogen-bond donors (Lipinski definition) is 1. The van der Waals surface area contributed by atoms with Gasteiger partial charge in [0.1, 0.15) is 11.5 Å². The molecule has 170 valence electrons. The number of anilines is 1. The topological polar surface area (TPSA) is 60.1 Å². The molecular weight excluding hydrogens is 400 g/mol. The second-order valence-corrected chi connectivity index (χ2v) is 9.27. The molecule has 1 unspecified atom stereocenters. The van der Waals surface area contributed by atoms with Gasteiger partial charge in [-0.2, -0.15) is 0 Å². The summed E-state index contributed by atoms with van der Waals surface area (Å²) in [5.74, 6) is 1.12. The third-order valence-corrected chi connectivity index (χ3v) is 7.39. The van der Waals surface area contributed by atoms with E-state index in [1.54, 1.807) is 0 Å². The summed E-state index contributed by atoms with van der Waals surface area (Å²) in [5, 5.41) is 10.5. The number of aryl methyl sites for hydroxylation is 1. The van der Waals surface area contributed by atoms with Gasteiger partial charge < -0.3 is 14.9 Å². The molecule has 1 N–H and O–H groups in total. The highest BCUT2D eigenvalue weighted by Gasteiger charge is 2.31. The molecule has 1 fully saturated rings. The van der Waals surface area contributed by atoms with Gasteiger partial charge in [-0.25, -0.2) is 4.98 Å². The van der Waals surface area contributed by atoms with Crippen LogP contribution in [0.15, 0.2) is 36.5 Å². The van der Waals surface area contributed by atoms with E-state index < -0.39 is 0 Å². The van der Waals surface area contributed by atoms with Crippen LogP contribution < -0.4 is 4.90 Å². The highest BCUT2D eigenvalue weighted by atomic mass is 16.3. The number of likely N-dealkylation sites (N-methyl/N-ethyl adjacent to an activating group) is 1. The third kappa shape index (κ3) is 3.68. The van der Waals surface area contributed by atoms with Crippen LogP contribution in [0.3, 0.4) is 0 Å². The fraction of sp³-hybridized carbons (Fsp3) is 0.520.